The SMILES string of the molecule is CC(=O)c1cccc2ccn(CC(C)C)c12. The minimum atomic E-state index is 0.134. The van der Waals surface area contributed by atoms with Crippen molar-refractivity contribution >= 4 is 16.7 Å². The van der Waals surface area contributed by atoms with E-state index in [1.807, 2.05) is 12.1 Å². The molecule has 2 aromatic rings. The largest absolute Gasteiger partial charge is 0.347 e. The van der Waals surface area contributed by atoms with Crippen molar-refractivity contribution in [1.82, 2.24) is 4.57 Å². The van der Waals surface area contributed by atoms with Gasteiger partial charge in [0.15, 0.2) is 5.78 Å². The topological polar surface area (TPSA) is 22.0 Å². The third-order valence-corrected chi connectivity index (χ3v) is 2.73. The van der Waals surface area contributed by atoms with Gasteiger partial charge in [-0.2, -0.15) is 0 Å². The molecule has 0 unspecified atom stereocenters. The average molecular weight is 215 g/mol. The molecule has 0 aliphatic carbocycles. The molecule has 1 heterocycles. The summed E-state index contributed by atoms with van der Waals surface area (Å²) < 4.78 is 2.18. The van der Waals surface area contributed by atoms with Crippen molar-refractivity contribution in [2.45, 2.75) is 27.3 Å². The second kappa shape index (κ2) is 4.12. The highest BCUT2D eigenvalue weighted by atomic mass is 16.1. The number of ketones is 1. The first-order valence-electron chi connectivity index (χ1n) is 5.68. The van der Waals surface area contributed by atoms with Crippen molar-refractivity contribution < 1.29 is 4.79 Å². The Hall–Kier alpha value is -1.57. The number of nitrogens with zero attached hydrogens (tertiary/aromatic N) is 1. The van der Waals surface area contributed by atoms with Crippen LogP contribution in [-0.4, -0.2) is 10.4 Å². The molecular weight excluding hydrogens is 198 g/mol. The summed E-state index contributed by atoms with van der Waals surface area (Å²) in [7, 11) is 0. The summed E-state index contributed by atoms with van der Waals surface area (Å²) in [4.78, 5) is 11.6. The van der Waals surface area contributed by atoms with E-state index in [0.717, 1.165) is 23.0 Å². The summed E-state index contributed by atoms with van der Waals surface area (Å²) in [5.41, 5.74) is 1.90. The lowest BCUT2D eigenvalue weighted by Crippen LogP contribution is -2.05. The van der Waals surface area contributed by atoms with E-state index in [-0.39, 0.29) is 5.78 Å². The van der Waals surface area contributed by atoms with Crippen LogP contribution < -0.4 is 0 Å². The molecule has 16 heavy (non-hydrogen) atoms. The zero-order valence-electron chi connectivity index (χ0n) is 10.0. The number of aromatic nitrogens is 1. The van der Waals surface area contributed by atoms with Gasteiger partial charge in [0.25, 0.3) is 0 Å². The average Bonchev–Trinajstić information content (AvgIpc) is 2.60. The third-order valence-electron chi connectivity index (χ3n) is 2.73. The lowest BCUT2D eigenvalue weighted by atomic mass is 10.1. The maximum atomic E-state index is 11.6. The van der Waals surface area contributed by atoms with Crippen molar-refractivity contribution in [2.75, 3.05) is 0 Å². The lowest BCUT2D eigenvalue weighted by molar-refractivity contribution is 0.101. The van der Waals surface area contributed by atoms with E-state index in [0.29, 0.717) is 5.92 Å². The normalized spacial score (nSPS) is 11.2. The number of hydrogen-bond acceptors (Lipinski definition) is 1. The summed E-state index contributed by atoms with van der Waals surface area (Å²) in [5.74, 6) is 0.713. The van der Waals surface area contributed by atoms with Crippen LogP contribution in [-0.2, 0) is 6.54 Å². The Kier molecular flexibility index (Phi) is 2.82. The van der Waals surface area contributed by atoms with Gasteiger partial charge in [-0.25, -0.2) is 0 Å². The molecule has 0 aliphatic heterocycles. The van der Waals surface area contributed by atoms with Crippen LogP contribution in [0.2, 0.25) is 0 Å². The summed E-state index contributed by atoms with van der Waals surface area (Å²) in [6, 6.07) is 7.98. The Morgan fingerprint density at radius 3 is 2.69 bits per heavy atom. The number of Topliss-reactive ketones (excluding diaryl/α,β-unsaturated/α-hetero) is 1. The molecule has 0 saturated carbocycles. The van der Waals surface area contributed by atoms with Gasteiger partial charge < -0.3 is 4.57 Å². The summed E-state index contributed by atoms with van der Waals surface area (Å²) >= 11 is 0. The first-order chi connectivity index (χ1) is 7.59. The van der Waals surface area contributed by atoms with Crippen molar-refractivity contribution in [3.05, 3.63) is 36.0 Å². The van der Waals surface area contributed by atoms with Gasteiger partial charge in [0.05, 0.1) is 5.52 Å². The zero-order valence-corrected chi connectivity index (χ0v) is 10.0. The van der Waals surface area contributed by atoms with Gasteiger partial charge in [-0.3, -0.25) is 4.79 Å². The van der Waals surface area contributed by atoms with E-state index < -0.39 is 0 Å². The molecule has 2 rings (SSSR count). The Bertz CT molecular complexity index is 523. The second-order valence-corrected chi connectivity index (χ2v) is 4.66. The molecule has 0 atom stereocenters. The second-order valence-electron chi connectivity index (χ2n) is 4.66. The number of fused-ring (bicyclic) bond motifs is 1. The molecule has 84 valence electrons. The van der Waals surface area contributed by atoms with Crippen molar-refractivity contribution in [3.63, 3.8) is 0 Å². The first kappa shape index (κ1) is 10.9. The molecular formula is C14H17NO. The van der Waals surface area contributed by atoms with E-state index in [4.69, 9.17) is 0 Å². The van der Waals surface area contributed by atoms with Crippen molar-refractivity contribution in [3.8, 4) is 0 Å². The highest BCUT2D eigenvalue weighted by molar-refractivity contribution is 6.05. The molecule has 1 aromatic carbocycles. The van der Waals surface area contributed by atoms with Crippen molar-refractivity contribution in [1.29, 1.82) is 0 Å². The summed E-state index contributed by atoms with van der Waals surface area (Å²) in [6.07, 6.45) is 2.07. The highest BCUT2D eigenvalue weighted by Gasteiger charge is 2.10. The highest BCUT2D eigenvalue weighted by Crippen LogP contribution is 2.21. The number of rotatable bonds is 3. The minimum absolute atomic E-state index is 0.134. The van der Waals surface area contributed by atoms with Gasteiger partial charge >= 0.3 is 0 Å². The molecule has 0 amide bonds. The predicted molar refractivity (Wildman–Crippen MR) is 66.8 cm³/mol. The van der Waals surface area contributed by atoms with Gasteiger partial charge in [0, 0.05) is 23.7 Å². The molecule has 0 fully saturated rings. The molecule has 0 spiro atoms. The van der Waals surface area contributed by atoms with Gasteiger partial charge in [-0.15, -0.1) is 0 Å². The predicted octanol–water partition coefficient (Wildman–Crippen LogP) is 3.50. The van der Waals surface area contributed by atoms with E-state index in [1.54, 1.807) is 6.92 Å². The van der Waals surface area contributed by atoms with Gasteiger partial charge in [-0.05, 0) is 25.0 Å². The van der Waals surface area contributed by atoms with E-state index in [9.17, 15) is 4.79 Å². The molecule has 0 bridgehead atoms. The van der Waals surface area contributed by atoms with Gasteiger partial charge in [0.1, 0.15) is 0 Å². The number of para-hydroxylation sites is 1. The van der Waals surface area contributed by atoms with Crippen LogP contribution in [0.5, 0.6) is 0 Å². The Balaban J connectivity index is 2.63. The van der Waals surface area contributed by atoms with E-state index in [2.05, 4.69) is 36.7 Å². The van der Waals surface area contributed by atoms with Gasteiger partial charge in [0.2, 0.25) is 0 Å². The van der Waals surface area contributed by atoms with Crippen LogP contribution in [0.15, 0.2) is 30.5 Å². The fraction of sp³-hybridized carbons (Fsp3) is 0.357. The van der Waals surface area contributed by atoms with E-state index in [1.165, 1.54) is 0 Å². The molecule has 1 aromatic heterocycles. The van der Waals surface area contributed by atoms with Crippen LogP contribution in [0.4, 0.5) is 0 Å². The van der Waals surface area contributed by atoms with Crippen LogP contribution in [0.25, 0.3) is 10.9 Å². The number of carbonyl (C=O) groups is 1. The van der Waals surface area contributed by atoms with Crippen LogP contribution in [0.1, 0.15) is 31.1 Å². The van der Waals surface area contributed by atoms with Crippen molar-refractivity contribution in [2.24, 2.45) is 5.92 Å². The summed E-state index contributed by atoms with van der Waals surface area (Å²) in [5, 5.41) is 1.15. The molecule has 2 nitrogen and oxygen atoms in total. The van der Waals surface area contributed by atoms with E-state index >= 15 is 0 Å². The maximum Gasteiger partial charge on any atom is 0.161 e. The monoisotopic (exact) mass is 215 g/mol. The zero-order chi connectivity index (χ0) is 11.7. The lowest BCUT2D eigenvalue weighted by Gasteiger charge is -2.10. The van der Waals surface area contributed by atoms with Crippen LogP contribution >= 0.6 is 0 Å². The Morgan fingerprint density at radius 2 is 2.06 bits per heavy atom. The molecule has 0 aliphatic rings. The first-order valence-corrected chi connectivity index (χ1v) is 5.68. The molecule has 2 heteroatoms. The number of benzene rings is 1. The molecule has 0 N–H and O–H groups in total. The quantitative estimate of drug-likeness (QED) is 0.718. The number of carbonyl (C=O) groups excluding carboxylic acids is 1. The van der Waals surface area contributed by atoms with Crippen LogP contribution in [0.3, 0.4) is 0 Å². The number of hydrogen-bond donors (Lipinski definition) is 0. The smallest absolute Gasteiger partial charge is 0.161 e. The molecule has 0 radical (unpaired) electrons. The fourth-order valence-corrected chi connectivity index (χ4v) is 2.09. The Labute approximate surface area is 95.9 Å². The third kappa shape index (κ3) is 1.87. The summed E-state index contributed by atoms with van der Waals surface area (Å²) in [6.45, 7) is 6.94. The maximum absolute atomic E-state index is 11.6. The van der Waals surface area contributed by atoms with Crippen LogP contribution in [0, 0.1) is 5.92 Å². The molecule has 0 saturated heterocycles. The Morgan fingerprint density at radius 1 is 1.31 bits per heavy atom. The van der Waals surface area contributed by atoms with Gasteiger partial charge in [-0.1, -0.05) is 26.0 Å². The minimum Gasteiger partial charge on any atom is -0.347 e. The fourth-order valence-electron chi connectivity index (χ4n) is 2.09. The standard InChI is InChI=1S/C14H17NO/c1-10(2)9-15-8-7-12-5-4-6-13(11(3)16)14(12)15/h4-8,10H,9H2,1-3H3.